The third-order valence-electron chi connectivity index (χ3n) is 11.8. The highest BCUT2D eigenvalue weighted by Gasteiger charge is 2.19. The van der Waals surface area contributed by atoms with Gasteiger partial charge in [0, 0.05) is 19.3 Å². The lowest BCUT2D eigenvalue weighted by atomic mass is 10.0. The summed E-state index contributed by atoms with van der Waals surface area (Å²) in [7, 11) is 0. The summed E-state index contributed by atoms with van der Waals surface area (Å²) in [5.41, 5.74) is 0. The van der Waals surface area contributed by atoms with E-state index < -0.39 is 6.10 Å². The number of carbonyl (C=O) groups is 3. The topological polar surface area (TPSA) is 78.9 Å². The van der Waals surface area contributed by atoms with Gasteiger partial charge in [-0.15, -0.1) is 0 Å². The minimum atomic E-state index is -0.812. The maximum absolute atomic E-state index is 12.8. The number of rotatable bonds is 50. The summed E-state index contributed by atoms with van der Waals surface area (Å²) >= 11 is 0. The van der Waals surface area contributed by atoms with E-state index in [4.69, 9.17) is 14.2 Å². The van der Waals surface area contributed by atoms with Crippen molar-refractivity contribution in [3.05, 3.63) is 97.2 Å². The van der Waals surface area contributed by atoms with E-state index in [1.807, 2.05) is 0 Å². The third-order valence-corrected chi connectivity index (χ3v) is 11.8. The molecule has 0 aromatic rings. The molecule has 0 rings (SSSR count). The maximum Gasteiger partial charge on any atom is 0.306 e. The van der Waals surface area contributed by atoms with Gasteiger partial charge in [-0.25, -0.2) is 0 Å². The first-order valence-corrected chi connectivity index (χ1v) is 28.2. The highest BCUT2D eigenvalue weighted by atomic mass is 16.6. The second-order valence-corrected chi connectivity index (χ2v) is 18.5. The molecule has 0 bridgehead atoms. The quantitative estimate of drug-likeness (QED) is 0.0262. The zero-order valence-corrected chi connectivity index (χ0v) is 44.3. The van der Waals surface area contributed by atoms with Crippen LogP contribution in [0.15, 0.2) is 97.2 Å². The van der Waals surface area contributed by atoms with Gasteiger partial charge in [0.05, 0.1) is 0 Å². The third kappa shape index (κ3) is 53.3. The van der Waals surface area contributed by atoms with E-state index in [1.165, 1.54) is 109 Å². The van der Waals surface area contributed by atoms with Crippen LogP contribution in [-0.4, -0.2) is 37.2 Å². The molecule has 0 saturated carbocycles. The lowest BCUT2D eigenvalue weighted by Gasteiger charge is -2.18. The van der Waals surface area contributed by atoms with Gasteiger partial charge in [-0.2, -0.15) is 0 Å². The molecule has 0 heterocycles. The molecule has 0 radical (unpaired) electrons. The van der Waals surface area contributed by atoms with Crippen molar-refractivity contribution in [3.8, 4) is 0 Å². The standard InChI is InChI=1S/C62H104O6/c1-4-7-10-13-16-19-22-25-28-31-34-37-40-43-46-49-52-55-61(64)67-58-59(57-66-60(63)54-51-48-45-42-39-36-33-30-27-24-21-18-15-12-9-6-3)68-62(65)56-53-50-47-44-41-38-35-32-29-26-23-20-17-14-11-8-5-2/h7,10,16-17,19-20,25-26,28-29,34-35,37-38,43,46,59H,4-6,8-9,11-15,18,21-24,27,30-33,36,39-42,44-45,47-58H2,1-3H3/b10-7-,19-16-,20-17-,28-25-,29-26-,37-34-,38-35-,46-43-/t59-/m1/s1. The Morgan fingerprint density at radius 1 is 0.309 bits per heavy atom. The number of carbonyl (C=O) groups excluding carboxylic acids is 3. The molecular weight excluding hydrogens is 841 g/mol. The number of esters is 3. The second kappa shape index (κ2) is 55.9. The van der Waals surface area contributed by atoms with Crippen LogP contribution in [0.3, 0.4) is 0 Å². The number of unbranched alkanes of at least 4 members (excludes halogenated alkanes) is 23. The van der Waals surface area contributed by atoms with Crippen LogP contribution in [0.4, 0.5) is 0 Å². The molecule has 0 aromatic carbocycles. The Morgan fingerprint density at radius 2 is 0.588 bits per heavy atom. The Hall–Kier alpha value is -3.67. The van der Waals surface area contributed by atoms with E-state index in [0.29, 0.717) is 19.3 Å². The molecule has 1 atom stereocenters. The molecule has 0 aliphatic heterocycles. The SMILES string of the molecule is CC/C=C\C/C=C\C/C=C\C/C=C\C/C=C\CCCC(=O)OC[C@@H](COC(=O)CCCCCCCCCCCCCCCCCC)OC(=O)CCCCCC/C=C\C/C=C\C/C=C\CCCCC. The number of allylic oxidation sites excluding steroid dienone is 16. The average molecular weight is 946 g/mol. The van der Waals surface area contributed by atoms with Gasteiger partial charge in [0.25, 0.3) is 0 Å². The molecule has 0 amide bonds. The summed E-state index contributed by atoms with van der Waals surface area (Å²) in [6.45, 7) is 6.44. The Labute approximate surface area is 419 Å². The lowest BCUT2D eigenvalue weighted by Crippen LogP contribution is -2.30. The zero-order valence-electron chi connectivity index (χ0n) is 44.3. The molecule has 0 N–H and O–H groups in total. The van der Waals surface area contributed by atoms with Gasteiger partial charge in [-0.1, -0.05) is 240 Å². The van der Waals surface area contributed by atoms with Gasteiger partial charge in [-0.05, 0) is 96.3 Å². The Bertz CT molecular complexity index is 1360. The normalized spacial score (nSPS) is 12.8. The van der Waals surface area contributed by atoms with Crippen molar-refractivity contribution in [3.63, 3.8) is 0 Å². The summed E-state index contributed by atoms with van der Waals surface area (Å²) in [6, 6.07) is 0. The van der Waals surface area contributed by atoms with Crippen molar-refractivity contribution in [2.45, 2.75) is 264 Å². The second-order valence-electron chi connectivity index (χ2n) is 18.5. The summed E-state index contributed by atoms with van der Waals surface area (Å²) in [5.74, 6) is -0.982. The predicted octanol–water partition coefficient (Wildman–Crippen LogP) is 18.9. The first kappa shape index (κ1) is 64.3. The Balaban J connectivity index is 4.51. The van der Waals surface area contributed by atoms with Crippen LogP contribution in [0, 0.1) is 0 Å². The van der Waals surface area contributed by atoms with E-state index in [1.54, 1.807) is 0 Å². The van der Waals surface area contributed by atoms with Crippen LogP contribution in [0.5, 0.6) is 0 Å². The molecule has 0 saturated heterocycles. The molecule has 0 aromatic heterocycles. The number of ether oxygens (including phenoxy) is 3. The van der Waals surface area contributed by atoms with E-state index in [9.17, 15) is 14.4 Å². The molecule has 0 aliphatic rings. The van der Waals surface area contributed by atoms with Crippen LogP contribution in [0.1, 0.15) is 258 Å². The highest BCUT2D eigenvalue weighted by molar-refractivity contribution is 5.71. The fraction of sp³-hybridized carbons (Fsp3) is 0.694. The molecule has 388 valence electrons. The van der Waals surface area contributed by atoms with E-state index in [-0.39, 0.29) is 37.5 Å². The molecule has 0 spiro atoms. The Morgan fingerprint density at radius 3 is 0.985 bits per heavy atom. The molecule has 0 unspecified atom stereocenters. The van der Waals surface area contributed by atoms with Crippen molar-refractivity contribution >= 4 is 17.9 Å². The first-order valence-electron chi connectivity index (χ1n) is 28.2. The average Bonchev–Trinajstić information content (AvgIpc) is 3.34. The van der Waals surface area contributed by atoms with Gasteiger partial charge in [0.2, 0.25) is 0 Å². The van der Waals surface area contributed by atoms with Crippen molar-refractivity contribution in [1.29, 1.82) is 0 Å². The maximum atomic E-state index is 12.8. The summed E-state index contributed by atoms with van der Waals surface area (Å²) in [5, 5.41) is 0. The van der Waals surface area contributed by atoms with E-state index in [0.717, 1.165) is 103 Å². The van der Waals surface area contributed by atoms with Gasteiger partial charge in [0.15, 0.2) is 6.10 Å². The summed E-state index contributed by atoms with van der Waals surface area (Å²) in [4.78, 5) is 38.1. The molecule has 68 heavy (non-hydrogen) atoms. The number of hydrogen-bond donors (Lipinski definition) is 0. The van der Waals surface area contributed by atoms with Crippen LogP contribution in [0.25, 0.3) is 0 Å². The van der Waals surface area contributed by atoms with Gasteiger partial charge >= 0.3 is 17.9 Å². The molecule has 6 nitrogen and oxygen atoms in total. The first-order chi connectivity index (χ1) is 33.5. The predicted molar refractivity (Wildman–Crippen MR) is 293 cm³/mol. The molecule has 6 heteroatoms. The van der Waals surface area contributed by atoms with Crippen molar-refractivity contribution < 1.29 is 28.6 Å². The van der Waals surface area contributed by atoms with E-state index in [2.05, 4.69) is 118 Å². The van der Waals surface area contributed by atoms with Crippen LogP contribution >= 0.6 is 0 Å². The van der Waals surface area contributed by atoms with Gasteiger partial charge in [-0.3, -0.25) is 14.4 Å². The summed E-state index contributed by atoms with van der Waals surface area (Å²) in [6.07, 6.45) is 74.0. The summed E-state index contributed by atoms with van der Waals surface area (Å²) < 4.78 is 16.8. The molecule has 0 aliphatic carbocycles. The number of hydrogen-bond acceptors (Lipinski definition) is 6. The zero-order chi connectivity index (χ0) is 49.3. The molecule has 0 fully saturated rings. The monoisotopic (exact) mass is 945 g/mol. The fourth-order valence-electron chi connectivity index (χ4n) is 7.60. The minimum absolute atomic E-state index is 0.103. The van der Waals surface area contributed by atoms with Crippen LogP contribution in [-0.2, 0) is 28.6 Å². The highest BCUT2D eigenvalue weighted by Crippen LogP contribution is 2.15. The van der Waals surface area contributed by atoms with Crippen molar-refractivity contribution in [1.82, 2.24) is 0 Å². The van der Waals surface area contributed by atoms with Crippen molar-refractivity contribution in [2.24, 2.45) is 0 Å². The molecular formula is C62H104O6. The smallest absolute Gasteiger partial charge is 0.306 e. The fourth-order valence-corrected chi connectivity index (χ4v) is 7.60. The van der Waals surface area contributed by atoms with Crippen molar-refractivity contribution in [2.75, 3.05) is 13.2 Å². The Kier molecular flexibility index (Phi) is 52.9. The largest absolute Gasteiger partial charge is 0.462 e. The van der Waals surface area contributed by atoms with E-state index >= 15 is 0 Å². The van der Waals surface area contributed by atoms with Crippen LogP contribution < -0.4 is 0 Å². The van der Waals surface area contributed by atoms with Gasteiger partial charge < -0.3 is 14.2 Å². The van der Waals surface area contributed by atoms with Gasteiger partial charge in [0.1, 0.15) is 13.2 Å². The van der Waals surface area contributed by atoms with Crippen LogP contribution in [0.2, 0.25) is 0 Å². The lowest BCUT2D eigenvalue weighted by molar-refractivity contribution is -0.167. The minimum Gasteiger partial charge on any atom is -0.462 e.